The van der Waals surface area contributed by atoms with Gasteiger partial charge in [0.2, 0.25) is 0 Å². The summed E-state index contributed by atoms with van der Waals surface area (Å²) in [5, 5.41) is 17.2. The molecular weight excluding hydrogens is 402 g/mol. The zero-order valence-corrected chi connectivity index (χ0v) is 17.7. The summed E-state index contributed by atoms with van der Waals surface area (Å²) in [4.78, 5) is 16.3. The average molecular weight is 425 g/mol. The third kappa shape index (κ3) is 3.75. The van der Waals surface area contributed by atoms with Crippen LogP contribution in [0.15, 0.2) is 77.3 Å². The molecule has 6 nitrogen and oxygen atoms in total. The molecule has 5 rings (SSSR count). The van der Waals surface area contributed by atoms with E-state index in [4.69, 9.17) is 4.52 Å². The van der Waals surface area contributed by atoms with E-state index in [1.165, 1.54) is 10.8 Å². The second-order valence-electron chi connectivity index (χ2n) is 8.02. The van der Waals surface area contributed by atoms with E-state index in [0.717, 1.165) is 22.2 Å². The molecule has 0 aliphatic carbocycles. The molecule has 0 aliphatic rings. The highest BCUT2D eigenvalue weighted by atomic mass is 16.5. The quantitative estimate of drug-likeness (QED) is 0.370. The predicted octanol–water partition coefficient (Wildman–Crippen LogP) is 5.55. The van der Waals surface area contributed by atoms with Crippen LogP contribution >= 0.6 is 0 Å². The minimum Gasteiger partial charge on any atom is -0.481 e. The molecule has 32 heavy (non-hydrogen) atoms. The van der Waals surface area contributed by atoms with E-state index in [1.807, 2.05) is 54.0 Å². The van der Waals surface area contributed by atoms with Gasteiger partial charge < -0.3 is 14.2 Å². The summed E-state index contributed by atoms with van der Waals surface area (Å²) >= 11 is 0. The van der Waals surface area contributed by atoms with E-state index in [0.29, 0.717) is 31.1 Å². The zero-order chi connectivity index (χ0) is 22.1. The second-order valence-corrected chi connectivity index (χ2v) is 8.02. The Labute approximate surface area is 185 Å². The van der Waals surface area contributed by atoms with Crippen molar-refractivity contribution in [3.8, 4) is 11.6 Å². The minimum absolute atomic E-state index is 0.344. The molecule has 2 heterocycles. The van der Waals surface area contributed by atoms with Crippen LogP contribution in [0.1, 0.15) is 24.7 Å². The Hall–Kier alpha value is -3.93. The van der Waals surface area contributed by atoms with Gasteiger partial charge in [-0.2, -0.15) is 4.98 Å². The fraction of sp³-hybridized carbons (Fsp3) is 0.192. The first-order chi connectivity index (χ1) is 15.6. The van der Waals surface area contributed by atoms with Gasteiger partial charge in [-0.25, -0.2) is 0 Å². The van der Waals surface area contributed by atoms with Gasteiger partial charge in [-0.15, -0.1) is 0 Å². The number of nitrogens with zero attached hydrogens (tertiary/aromatic N) is 3. The van der Waals surface area contributed by atoms with Crippen LogP contribution in [0.25, 0.3) is 33.3 Å². The summed E-state index contributed by atoms with van der Waals surface area (Å²) in [6.07, 6.45) is 1.10. The summed E-state index contributed by atoms with van der Waals surface area (Å²) in [5.74, 6) is -0.308. The first-order valence-electron chi connectivity index (χ1n) is 10.7. The number of fused-ring (bicyclic) bond motifs is 2. The molecule has 5 aromatic rings. The first kappa shape index (κ1) is 20.0. The minimum atomic E-state index is -0.807. The summed E-state index contributed by atoms with van der Waals surface area (Å²) in [7, 11) is 0. The monoisotopic (exact) mass is 425 g/mol. The van der Waals surface area contributed by atoms with Gasteiger partial charge in [0.15, 0.2) is 5.82 Å². The summed E-state index contributed by atoms with van der Waals surface area (Å²) in [6, 6.07) is 24.4. The molecule has 0 saturated carbocycles. The number of hydrogen-bond donors (Lipinski definition) is 1. The van der Waals surface area contributed by atoms with E-state index >= 15 is 0 Å². The van der Waals surface area contributed by atoms with Crippen molar-refractivity contribution in [2.24, 2.45) is 5.92 Å². The highest BCUT2D eigenvalue weighted by Crippen LogP contribution is 2.29. The molecule has 0 spiro atoms. The summed E-state index contributed by atoms with van der Waals surface area (Å²) in [5.41, 5.74) is 2.80. The Kier molecular flexibility index (Phi) is 5.19. The van der Waals surface area contributed by atoms with E-state index in [1.54, 1.807) is 0 Å². The average Bonchev–Trinajstić information content (AvgIpc) is 3.41. The summed E-state index contributed by atoms with van der Waals surface area (Å²) in [6.45, 7) is 2.23. The SMILES string of the molecule is CCC(Cn1c(-c2nc(Cc3ccc4ccccc4c3)no2)cc2ccccc21)C(=O)O. The number of carbonyl (C=O) groups is 1. The van der Waals surface area contributed by atoms with Crippen molar-refractivity contribution in [2.75, 3.05) is 0 Å². The van der Waals surface area contributed by atoms with Gasteiger partial charge in [0.05, 0.1) is 5.92 Å². The molecule has 1 N–H and O–H groups in total. The van der Waals surface area contributed by atoms with Gasteiger partial charge in [-0.05, 0) is 34.9 Å². The van der Waals surface area contributed by atoms with Crippen LogP contribution in [-0.4, -0.2) is 25.8 Å². The highest BCUT2D eigenvalue weighted by molar-refractivity contribution is 5.86. The van der Waals surface area contributed by atoms with Gasteiger partial charge in [0.1, 0.15) is 5.69 Å². The normalized spacial score (nSPS) is 12.4. The highest BCUT2D eigenvalue weighted by Gasteiger charge is 2.22. The maximum absolute atomic E-state index is 11.7. The molecule has 0 saturated heterocycles. The largest absolute Gasteiger partial charge is 0.481 e. The number of para-hydroxylation sites is 1. The maximum atomic E-state index is 11.7. The van der Waals surface area contributed by atoms with Crippen molar-refractivity contribution in [2.45, 2.75) is 26.3 Å². The summed E-state index contributed by atoms with van der Waals surface area (Å²) < 4.78 is 7.60. The molecule has 6 heteroatoms. The van der Waals surface area contributed by atoms with Crippen molar-refractivity contribution in [3.05, 3.63) is 84.2 Å². The van der Waals surface area contributed by atoms with E-state index < -0.39 is 11.9 Å². The lowest BCUT2D eigenvalue weighted by molar-refractivity contribution is -0.142. The molecule has 0 aliphatic heterocycles. The molecule has 0 fully saturated rings. The molecule has 160 valence electrons. The molecule has 0 amide bonds. The Morgan fingerprint density at radius 2 is 1.75 bits per heavy atom. The number of carboxylic acids is 1. The van der Waals surface area contributed by atoms with Crippen LogP contribution in [0.2, 0.25) is 0 Å². The standard InChI is InChI=1S/C26H23N3O3/c1-2-18(26(30)31)16-29-22-10-6-5-9-21(22)15-23(29)25-27-24(28-32-25)14-17-11-12-19-7-3-4-8-20(19)13-17/h3-13,15,18H,2,14,16H2,1H3,(H,30,31). The number of benzene rings is 3. The first-order valence-corrected chi connectivity index (χ1v) is 10.7. The number of carboxylic acid groups (broad SMARTS) is 1. The molecule has 0 bridgehead atoms. The predicted molar refractivity (Wildman–Crippen MR) is 123 cm³/mol. The molecule has 1 atom stereocenters. The van der Waals surface area contributed by atoms with Crippen molar-refractivity contribution in [3.63, 3.8) is 0 Å². The fourth-order valence-corrected chi connectivity index (χ4v) is 4.15. The zero-order valence-electron chi connectivity index (χ0n) is 17.7. The van der Waals surface area contributed by atoms with Crippen LogP contribution in [0.4, 0.5) is 0 Å². The van der Waals surface area contributed by atoms with Crippen LogP contribution in [0.5, 0.6) is 0 Å². The van der Waals surface area contributed by atoms with Crippen molar-refractivity contribution >= 4 is 27.6 Å². The molecule has 3 aromatic carbocycles. The maximum Gasteiger partial charge on any atom is 0.308 e. The second kappa shape index (κ2) is 8.30. The lowest BCUT2D eigenvalue weighted by Crippen LogP contribution is -2.19. The Balaban J connectivity index is 1.49. The van der Waals surface area contributed by atoms with Crippen LogP contribution < -0.4 is 0 Å². The number of aliphatic carboxylic acids is 1. The smallest absolute Gasteiger partial charge is 0.308 e. The molecule has 1 unspecified atom stereocenters. The van der Waals surface area contributed by atoms with Gasteiger partial charge >= 0.3 is 5.97 Å². The number of hydrogen-bond acceptors (Lipinski definition) is 4. The van der Waals surface area contributed by atoms with E-state index in [-0.39, 0.29) is 0 Å². The Bertz CT molecular complexity index is 1420. The topological polar surface area (TPSA) is 81.2 Å². The van der Waals surface area contributed by atoms with Crippen molar-refractivity contribution < 1.29 is 14.4 Å². The van der Waals surface area contributed by atoms with Gasteiger partial charge in [-0.3, -0.25) is 4.79 Å². The molecule has 0 radical (unpaired) electrons. The van der Waals surface area contributed by atoms with E-state index in [9.17, 15) is 9.90 Å². The van der Waals surface area contributed by atoms with Gasteiger partial charge in [-0.1, -0.05) is 72.7 Å². The molecular formula is C26H23N3O3. The van der Waals surface area contributed by atoms with Gasteiger partial charge in [0.25, 0.3) is 5.89 Å². The Morgan fingerprint density at radius 3 is 2.53 bits per heavy atom. The lowest BCUT2D eigenvalue weighted by atomic mass is 10.1. The van der Waals surface area contributed by atoms with Crippen LogP contribution in [0, 0.1) is 5.92 Å². The van der Waals surface area contributed by atoms with E-state index in [2.05, 4.69) is 40.5 Å². The van der Waals surface area contributed by atoms with Crippen LogP contribution in [-0.2, 0) is 17.8 Å². The number of rotatable bonds is 7. The van der Waals surface area contributed by atoms with Crippen molar-refractivity contribution in [1.29, 1.82) is 0 Å². The lowest BCUT2D eigenvalue weighted by Gasteiger charge is -2.14. The molecule has 2 aromatic heterocycles. The van der Waals surface area contributed by atoms with Crippen molar-refractivity contribution in [1.82, 2.24) is 14.7 Å². The van der Waals surface area contributed by atoms with Crippen LogP contribution in [0.3, 0.4) is 0 Å². The van der Waals surface area contributed by atoms with Gasteiger partial charge in [0, 0.05) is 23.9 Å². The Morgan fingerprint density at radius 1 is 1.00 bits per heavy atom. The third-order valence-electron chi connectivity index (χ3n) is 5.92. The fourth-order valence-electron chi connectivity index (χ4n) is 4.15. The number of aromatic nitrogens is 3. The third-order valence-corrected chi connectivity index (χ3v) is 5.92.